The zero-order valence-corrected chi connectivity index (χ0v) is 14.7. The molecule has 0 saturated heterocycles. The molecule has 0 aliphatic heterocycles. The molecule has 2 aromatic carbocycles. The molecular weight excluding hydrogens is 314 g/mol. The molecule has 128 valence electrons. The second-order valence-corrected chi connectivity index (χ2v) is 6.28. The molecule has 0 atom stereocenters. The van der Waals surface area contributed by atoms with Crippen molar-refractivity contribution in [3.05, 3.63) is 69.8 Å². The Balaban J connectivity index is 1.75. The highest BCUT2D eigenvalue weighted by Crippen LogP contribution is 2.16. The van der Waals surface area contributed by atoms with Crippen molar-refractivity contribution in [3.63, 3.8) is 0 Å². The summed E-state index contributed by atoms with van der Waals surface area (Å²) in [5.74, 6) is 0.522. The van der Waals surface area contributed by atoms with Crippen molar-refractivity contribution in [2.45, 2.75) is 26.7 Å². The number of aromatic nitrogens is 2. The molecule has 3 aromatic rings. The molecule has 25 heavy (non-hydrogen) atoms. The molecule has 0 spiro atoms. The first-order valence-corrected chi connectivity index (χ1v) is 8.27. The number of para-hydroxylation sites is 1. The summed E-state index contributed by atoms with van der Waals surface area (Å²) in [6.45, 7) is 3.99. The SMILES string of the molecule is Cc1ccc(NC(=O)CCc2nc3ccccc3c(=O)n2C)c(C)c1. The van der Waals surface area contributed by atoms with Crippen molar-refractivity contribution >= 4 is 22.5 Å². The molecule has 5 heteroatoms. The van der Waals surface area contributed by atoms with Gasteiger partial charge >= 0.3 is 0 Å². The van der Waals surface area contributed by atoms with Gasteiger partial charge in [0.15, 0.2) is 0 Å². The van der Waals surface area contributed by atoms with Crippen LogP contribution in [0.2, 0.25) is 0 Å². The molecule has 0 saturated carbocycles. The van der Waals surface area contributed by atoms with Crippen LogP contribution in [-0.4, -0.2) is 15.5 Å². The number of benzene rings is 2. The fraction of sp³-hybridized carbons (Fsp3) is 0.250. The third kappa shape index (κ3) is 3.60. The van der Waals surface area contributed by atoms with E-state index in [0.29, 0.717) is 23.1 Å². The molecule has 3 rings (SSSR count). The molecule has 0 bridgehead atoms. The van der Waals surface area contributed by atoms with Crippen molar-refractivity contribution in [2.24, 2.45) is 7.05 Å². The maximum atomic E-state index is 12.4. The fourth-order valence-electron chi connectivity index (χ4n) is 2.88. The lowest BCUT2D eigenvalue weighted by Gasteiger charge is -2.11. The van der Waals surface area contributed by atoms with Crippen LogP contribution >= 0.6 is 0 Å². The Morgan fingerprint density at radius 2 is 1.92 bits per heavy atom. The summed E-state index contributed by atoms with van der Waals surface area (Å²) in [5.41, 5.74) is 3.58. The minimum Gasteiger partial charge on any atom is -0.326 e. The van der Waals surface area contributed by atoms with Gasteiger partial charge in [-0.1, -0.05) is 29.8 Å². The van der Waals surface area contributed by atoms with Crippen molar-refractivity contribution in [1.29, 1.82) is 0 Å². The fourth-order valence-corrected chi connectivity index (χ4v) is 2.88. The van der Waals surface area contributed by atoms with E-state index in [2.05, 4.69) is 10.3 Å². The van der Waals surface area contributed by atoms with Gasteiger partial charge in [-0.3, -0.25) is 14.2 Å². The van der Waals surface area contributed by atoms with Crippen LogP contribution in [0.25, 0.3) is 10.9 Å². The van der Waals surface area contributed by atoms with Crippen molar-refractivity contribution in [3.8, 4) is 0 Å². The second kappa shape index (κ2) is 6.89. The van der Waals surface area contributed by atoms with Crippen LogP contribution in [0.5, 0.6) is 0 Å². The first-order valence-electron chi connectivity index (χ1n) is 8.27. The Kier molecular flexibility index (Phi) is 4.65. The van der Waals surface area contributed by atoms with E-state index in [9.17, 15) is 9.59 Å². The summed E-state index contributed by atoms with van der Waals surface area (Å²) in [5, 5.41) is 3.52. The summed E-state index contributed by atoms with van der Waals surface area (Å²) in [6, 6.07) is 13.2. The largest absolute Gasteiger partial charge is 0.326 e. The van der Waals surface area contributed by atoms with E-state index in [4.69, 9.17) is 0 Å². The number of rotatable bonds is 4. The summed E-state index contributed by atoms with van der Waals surface area (Å²) in [7, 11) is 1.69. The topological polar surface area (TPSA) is 64.0 Å². The second-order valence-electron chi connectivity index (χ2n) is 6.28. The van der Waals surface area contributed by atoms with Crippen LogP contribution < -0.4 is 10.9 Å². The number of hydrogen-bond acceptors (Lipinski definition) is 3. The lowest BCUT2D eigenvalue weighted by Crippen LogP contribution is -2.23. The summed E-state index contributed by atoms with van der Waals surface area (Å²) >= 11 is 0. The highest BCUT2D eigenvalue weighted by atomic mass is 16.1. The standard InChI is InChI=1S/C20H21N3O2/c1-13-8-9-16(14(2)12-13)22-19(24)11-10-18-21-17-7-5-4-6-15(17)20(25)23(18)3/h4-9,12H,10-11H2,1-3H3,(H,22,24). The average Bonchev–Trinajstić information content (AvgIpc) is 2.59. The predicted octanol–water partition coefficient (Wildman–Crippen LogP) is 3.12. The number of fused-ring (bicyclic) bond motifs is 1. The first kappa shape index (κ1) is 16.9. The molecule has 0 aliphatic carbocycles. The summed E-state index contributed by atoms with van der Waals surface area (Å²) < 4.78 is 1.52. The Labute approximate surface area is 146 Å². The number of carbonyl (C=O) groups excluding carboxylic acids is 1. The number of nitrogens with zero attached hydrogens (tertiary/aromatic N) is 2. The van der Waals surface area contributed by atoms with Gasteiger partial charge in [-0.15, -0.1) is 0 Å². The van der Waals surface area contributed by atoms with E-state index in [1.165, 1.54) is 4.57 Å². The van der Waals surface area contributed by atoms with E-state index in [-0.39, 0.29) is 17.9 Å². The van der Waals surface area contributed by atoms with Gasteiger partial charge in [0.1, 0.15) is 5.82 Å². The zero-order chi connectivity index (χ0) is 18.0. The van der Waals surface area contributed by atoms with E-state index < -0.39 is 0 Å². The highest BCUT2D eigenvalue weighted by Gasteiger charge is 2.11. The van der Waals surface area contributed by atoms with Gasteiger partial charge in [0.25, 0.3) is 5.56 Å². The lowest BCUT2D eigenvalue weighted by atomic mass is 10.1. The third-order valence-corrected chi connectivity index (χ3v) is 4.31. The number of hydrogen-bond donors (Lipinski definition) is 1. The summed E-state index contributed by atoms with van der Waals surface area (Å²) in [4.78, 5) is 29.2. The minimum absolute atomic E-state index is 0.0876. The molecule has 1 heterocycles. The normalized spacial score (nSPS) is 10.8. The monoisotopic (exact) mass is 335 g/mol. The van der Waals surface area contributed by atoms with Gasteiger partial charge in [-0.2, -0.15) is 0 Å². The Morgan fingerprint density at radius 3 is 2.68 bits per heavy atom. The highest BCUT2D eigenvalue weighted by molar-refractivity contribution is 5.91. The van der Waals surface area contributed by atoms with Gasteiger partial charge in [-0.25, -0.2) is 4.98 Å². The molecular formula is C20H21N3O2. The van der Waals surface area contributed by atoms with E-state index in [1.807, 2.05) is 50.2 Å². The number of anilines is 1. The molecule has 1 amide bonds. The van der Waals surface area contributed by atoms with Crippen molar-refractivity contribution < 1.29 is 4.79 Å². The maximum Gasteiger partial charge on any atom is 0.261 e. The van der Waals surface area contributed by atoms with Crippen molar-refractivity contribution in [1.82, 2.24) is 9.55 Å². The average molecular weight is 335 g/mol. The Hall–Kier alpha value is -2.95. The maximum absolute atomic E-state index is 12.4. The first-order chi connectivity index (χ1) is 12.0. The van der Waals surface area contributed by atoms with Crippen LogP contribution in [0.4, 0.5) is 5.69 Å². The number of nitrogens with one attached hydrogen (secondary N) is 1. The van der Waals surface area contributed by atoms with Crippen LogP contribution in [0.3, 0.4) is 0 Å². The number of carbonyl (C=O) groups is 1. The molecule has 0 fully saturated rings. The molecule has 5 nitrogen and oxygen atoms in total. The van der Waals surface area contributed by atoms with Gasteiger partial charge < -0.3 is 5.32 Å². The molecule has 0 radical (unpaired) electrons. The Bertz CT molecular complexity index is 1010. The lowest BCUT2D eigenvalue weighted by molar-refractivity contribution is -0.116. The quantitative estimate of drug-likeness (QED) is 0.797. The number of amides is 1. The zero-order valence-electron chi connectivity index (χ0n) is 14.7. The van der Waals surface area contributed by atoms with E-state index >= 15 is 0 Å². The summed E-state index contributed by atoms with van der Waals surface area (Å²) in [6.07, 6.45) is 0.680. The van der Waals surface area contributed by atoms with Gasteiger partial charge in [0.05, 0.1) is 10.9 Å². The van der Waals surface area contributed by atoms with Crippen LogP contribution in [0.1, 0.15) is 23.4 Å². The minimum atomic E-state index is -0.0886. The third-order valence-electron chi connectivity index (χ3n) is 4.31. The number of aryl methyl sites for hydroxylation is 3. The molecule has 0 unspecified atom stereocenters. The Morgan fingerprint density at radius 1 is 1.16 bits per heavy atom. The predicted molar refractivity (Wildman–Crippen MR) is 99.9 cm³/mol. The van der Waals surface area contributed by atoms with Gasteiger partial charge in [0, 0.05) is 25.6 Å². The molecule has 0 aliphatic rings. The van der Waals surface area contributed by atoms with Gasteiger partial charge in [0.2, 0.25) is 5.91 Å². The van der Waals surface area contributed by atoms with E-state index in [0.717, 1.165) is 16.8 Å². The van der Waals surface area contributed by atoms with Crippen LogP contribution in [0, 0.1) is 13.8 Å². The molecule has 1 N–H and O–H groups in total. The van der Waals surface area contributed by atoms with E-state index in [1.54, 1.807) is 13.1 Å². The smallest absolute Gasteiger partial charge is 0.261 e. The van der Waals surface area contributed by atoms with Crippen molar-refractivity contribution in [2.75, 3.05) is 5.32 Å². The van der Waals surface area contributed by atoms with Crippen LogP contribution in [-0.2, 0) is 18.3 Å². The van der Waals surface area contributed by atoms with Gasteiger partial charge in [-0.05, 0) is 37.6 Å². The van der Waals surface area contributed by atoms with Crippen LogP contribution in [0.15, 0.2) is 47.3 Å². The molecule has 1 aromatic heterocycles.